The molecule has 0 unspecified atom stereocenters. The zero-order valence-electron chi connectivity index (χ0n) is 13.1. The monoisotopic (exact) mass is 284 g/mol. The van der Waals surface area contributed by atoms with Gasteiger partial charge in [0, 0.05) is 14.0 Å². The first-order valence-electron chi connectivity index (χ1n) is 7.07. The third kappa shape index (κ3) is 8.48. The Morgan fingerprint density at radius 1 is 1.45 bits per heavy atom. The van der Waals surface area contributed by atoms with Gasteiger partial charge in [-0.15, -0.1) is 0 Å². The van der Waals surface area contributed by atoms with E-state index in [0.29, 0.717) is 11.6 Å². The SMILES string of the molecule is CC.CCNC[C@@H](C)Oc1ccc(OCC(C)=O)cn1.[HH]. The molecule has 0 aliphatic heterocycles. The maximum atomic E-state index is 10.8. The molecule has 1 aromatic heterocycles. The van der Waals surface area contributed by atoms with Crippen molar-refractivity contribution in [1.29, 1.82) is 0 Å². The Hall–Kier alpha value is -1.62. The number of hydrogen-bond donors (Lipinski definition) is 1. The standard InChI is InChI=1S/C13H20N2O3.C2H6.H2/c1-4-14-7-11(3)18-13-6-5-12(8-15-13)17-9-10(2)16;1-2;/h5-6,8,11,14H,4,7,9H2,1-3H3;1-2H3;1H/t11-;;/m1../s1. The van der Waals surface area contributed by atoms with Crippen LogP contribution in [0.3, 0.4) is 0 Å². The van der Waals surface area contributed by atoms with Gasteiger partial charge in [0.05, 0.1) is 6.20 Å². The first kappa shape index (κ1) is 18.4. The van der Waals surface area contributed by atoms with Gasteiger partial charge in [-0.1, -0.05) is 20.8 Å². The van der Waals surface area contributed by atoms with E-state index in [9.17, 15) is 4.79 Å². The van der Waals surface area contributed by atoms with Gasteiger partial charge >= 0.3 is 0 Å². The molecule has 1 N–H and O–H groups in total. The molecule has 0 aliphatic rings. The van der Waals surface area contributed by atoms with Crippen LogP contribution in [0.15, 0.2) is 18.3 Å². The maximum absolute atomic E-state index is 10.8. The molecule has 1 heterocycles. The molecule has 0 saturated carbocycles. The van der Waals surface area contributed by atoms with Crippen LogP contribution in [0, 0.1) is 0 Å². The minimum Gasteiger partial charge on any atom is -0.484 e. The zero-order chi connectivity index (χ0) is 15.4. The summed E-state index contributed by atoms with van der Waals surface area (Å²) >= 11 is 0. The Morgan fingerprint density at radius 3 is 2.65 bits per heavy atom. The van der Waals surface area contributed by atoms with Gasteiger partial charge in [-0.25, -0.2) is 4.98 Å². The van der Waals surface area contributed by atoms with Crippen molar-refractivity contribution < 1.29 is 15.7 Å². The number of nitrogens with one attached hydrogen (secondary N) is 1. The van der Waals surface area contributed by atoms with Gasteiger partial charge in [0.1, 0.15) is 18.5 Å². The van der Waals surface area contributed by atoms with Crippen LogP contribution in [-0.2, 0) is 4.79 Å². The summed E-state index contributed by atoms with van der Waals surface area (Å²) in [5, 5.41) is 3.20. The third-order valence-electron chi connectivity index (χ3n) is 2.16. The van der Waals surface area contributed by atoms with E-state index in [1.54, 1.807) is 18.3 Å². The molecule has 1 rings (SSSR count). The molecular formula is C15H28N2O3. The van der Waals surface area contributed by atoms with Crippen molar-refractivity contribution in [3.63, 3.8) is 0 Å². The Morgan fingerprint density at radius 2 is 2.15 bits per heavy atom. The molecule has 20 heavy (non-hydrogen) atoms. The minimum atomic E-state index is -0.0189. The summed E-state index contributed by atoms with van der Waals surface area (Å²) in [7, 11) is 0. The smallest absolute Gasteiger partial charge is 0.213 e. The van der Waals surface area contributed by atoms with E-state index in [2.05, 4.69) is 10.3 Å². The highest BCUT2D eigenvalue weighted by Gasteiger charge is 2.04. The molecule has 0 radical (unpaired) electrons. The highest BCUT2D eigenvalue weighted by molar-refractivity contribution is 5.77. The van der Waals surface area contributed by atoms with Gasteiger partial charge in [0.25, 0.3) is 0 Å². The van der Waals surface area contributed by atoms with Crippen LogP contribution < -0.4 is 14.8 Å². The number of aromatic nitrogens is 1. The van der Waals surface area contributed by atoms with Gasteiger partial charge in [-0.05, 0) is 26.5 Å². The lowest BCUT2D eigenvalue weighted by molar-refractivity contribution is -0.118. The lowest BCUT2D eigenvalue weighted by Gasteiger charge is -2.14. The Labute approximate surface area is 123 Å². The maximum Gasteiger partial charge on any atom is 0.213 e. The van der Waals surface area contributed by atoms with E-state index in [1.807, 2.05) is 27.7 Å². The molecule has 1 atom stereocenters. The number of likely N-dealkylation sites (N-methyl/N-ethyl adjacent to an activating group) is 1. The van der Waals surface area contributed by atoms with Crippen molar-refractivity contribution in [2.24, 2.45) is 0 Å². The number of nitrogens with zero attached hydrogens (tertiary/aromatic N) is 1. The number of pyridine rings is 1. The number of ketones is 1. The van der Waals surface area contributed by atoms with Gasteiger partial charge in [0.2, 0.25) is 5.88 Å². The van der Waals surface area contributed by atoms with E-state index in [4.69, 9.17) is 9.47 Å². The second-order valence-electron chi connectivity index (χ2n) is 4.06. The molecule has 0 saturated heterocycles. The number of Topliss-reactive ketones (excluding diaryl/α,β-unsaturated/α-hetero) is 1. The van der Waals surface area contributed by atoms with Crippen LogP contribution in [0.25, 0.3) is 0 Å². The van der Waals surface area contributed by atoms with Gasteiger partial charge in [-0.2, -0.15) is 0 Å². The van der Waals surface area contributed by atoms with Crippen molar-refractivity contribution in [3.05, 3.63) is 18.3 Å². The summed E-state index contributed by atoms with van der Waals surface area (Å²) < 4.78 is 10.8. The van der Waals surface area contributed by atoms with Gasteiger partial charge in [-0.3, -0.25) is 4.79 Å². The lowest BCUT2D eigenvalue weighted by Crippen LogP contribution is -2.28. The normalized spacial score (nSPS) is 11.1. The molecule has 0 amide bonds. The van der Waals surface area contributed by atoms with Crippen LogP contribution in [0.5, 0.6) is 11.6 Å². The Kier molecular flexibility index (Phi) is 10.3. The predicted molar refractivity (Wildman–Crippen MR) is 82.5 cm³/mol. The molecule has 5 heteroatoms. The molecule has 5 nitrogen and oxygen atoms in total. The van der Waals surface area contributed by atoms with E-state index in [0.717, 1.165) is 13.1 Å². The summed E-state index contributed by atoms with van der Waals surface area (Å²) in [5.41, 5.74) is 0. The van der Waals surface area contributed by atoms with Crippen molar-refractivity contribution >= 4 is 5.78 Å². The van der Waals surface area contributed by atoms with E-state index < -0.39 is 0 Å². The van der Waals surface area contributed by atoms with Crippen LogP contribution in [0.4, 0.5) is 0 Å². The van der Waals surface area contributed by atoms with Crippen LogP contribution >= 0.6 is 0 Å². The third-order valence-corrected chi connectivity index (χ3v) is 2.16. The topological polar surface area (TPSA) is 60.5 Å². The van der Waals surface area contributed by atoms with Gasteiger partial charge in [0.15, 0.2) is 5.78 Å². The molecule has 0 spiro atoms. The van der Waals surface area contributed by atoms with E-state index in [-0.39, 0.29) is 19.9 Å². The summed E-state index contributed by atoms with van der Waals surface area (Å²) in [5.74, 6) is 1.10. The summed E-state index contributed by atoms with van der Waals surface area (Å²) in [6.07, 6.45) is 1.61. The quantitative estimate of drug-likeness (QED) is 0.795. The fraction of sp³-hybridized carbons (Fsp3) is 0.600. The molecule has 0 bridgehead atoms. The largest absolute Gasteiger partial charge is 0.484 e. The number of carbonyl (C=O) groups is 1. The Bertz CT molecular complexity index is 372. The summed E-state index contributed by atoms with van der Waals surface area (Å²) in [4.78, 5) is 14.9. The van der Waals surface area contributed by atoms with Crippen LogP contribution in [-0.4, -0.2) is 36.6 Å². The van der Waals surface area contributed by atoms with Gasteiger partial charge < -0.3 is 14.8 Å². The second-order valence-corrected chi connectivity index (χ2v) is 4.06. The highest BCUT2D eigenvalue weighted by atomic mass is 16.5. The van der Waals surface area contributed by atoms with Crippen molar-refractivity contribution in [2.45, 2.75) is 40.7 Å². The average Bonchev–Trinajstić information content (AvgIpc) is 2.46. The number of rotatable bonds is 8. The highest BCUT2D eigenvalue weighted by Crippen LogP contribution is 2.14. The summed E-state index contributed by atoms with van der Waals surface area (Å²) in [6.45, 7) is 11.3. The fourth-order valence-electron chi connectivity index (χ4n) is 1.30. The first-order chi connectivity index (χ1) is 9.61. The molecule has 116 valence electrons. The number of hydrogen-bond acceptors (Lipinski definition) is 5. The molecule has 0 fully saturated rings. The minimum absolute atomic E-state index is 0. The molecule has 0 aliphatic carbocycles. The number of ether oxygens (including phenoxy) is 2. The second kappa shape index (κ2) is 11.2. The first-order valence-corrected chi connectivity index (χ1v) is 7.07. The zero-order valence-corrected chi connectivity index (χ0v) is 13.1. The predicted octanol–water partition coefficient (Wildman–Crippen LogP) is 2.70. The van der Waals surface area contributed by atoms with E-state index >= 15 is 0 Å². The van der Waals surface area contributed by atoms with Crippen molar-refractivity contribution in [1.82, 2.24) is 10.3 Å². The Balaban J connectivity index is 0. The van der Waals surface area contributed by atoms with E-state index in [1.165, 1.54) is 6.92 Å². The lowest BCUT2D eigenvalue weighted by atomic mass is 10.4. The molecule has 1 aromatic rings. The number of carbonyl (C=O) groups excluding carboxylic acids is 1. The summed E-state index contributed by atoms with van der Waals surface area (Å²) in [6, 6.07) is 3.48. The van der Waals surface area contributed by atoms with Crippen LogP contribution in [0.1, 0.15) is 36.0 Å². The van der Waals surface area contributed by atoms with Crippen molar-refractivity contribution in [3.8, 4) is 11.6 Å². The molecular weight excluding hydrogens is 256 g/mol. The molecule has 0 aromatic carbocycles. The van der Waals surface area contributed by atoms with Crippen LogP contribution in [0.2, 0.25) is 0 Å². The average molecular weight is 284 g/mol. The van der Waals surface area contributed by atoms with Crippen molar-refractivity contribution in [2.75, 3.05) is 19.7 Å². The fourth-order valence-corrected chi connectivity index (χ4v) is 1.30.